The van der Waals surface area contributed by atoms with Gasteiger partial charge in [-0.25, -0.2) is 4.79 Å². The Morgan fingerprint density at radius 1 is 1.42 bits per heavy atom. The standard InChI is InChI=1S/C16H27N3O5S2/c1-3-6-24-16(20)19-12-15(25)10-14(19)9-13(2)11-17-26(21,22)18-4-7-23-8-5-18/h3,9,14-15,17,25H,1,4-8,10-12H2,2H3/b13-9+/t14-,15+/m1/s1. The Morgan fingerprint density at radius 2 is 2.12 bits per heavy atom. The van der Waals surface area contributed by atoms with Crippen LogP contribution in [0.4, 0.5) is 4.79 Å². The van der Waals surface area contributed by atoms with E-state index in [1.807, 2.05) is 13.0 Å². The molecule has 0 aromatic carbocycles. The molecule has 0 spiro atoms. The van der Waals surface area contributed by atoms with Crippen molar-refractivity contribution in [1.29, 1.82) is 0 Å². The number of rotatable bonds is 7. The molecule has 0 radical (unpaired) electrons. The first-order valence-electron chi connectivity index (χ1n) is 8.55. The van der Waals surface area contributed by atoms with E-state index >= 15 is 0 Å². The minimum Gasteiger partial charge on any atom is -0.445 e. The Hall–Kier alpha value is -1.07. The molecule has 2 heterocycles. The number of hydrogen-bond donors (Lipinski definition) is 2. The number of carbonyl (C=O) groups is 1. The minimum atomic E-state index is -3.53. The lowest BCUT2D eigenvalue weighted by atomic mass is 10.1. The van der Waals surface area contributed by atoms with Crippen LogP contribution in [0.15, 0.2) is 24.3 Å². The quantitative estimate of drug-likeness (QED) is 0.483. The second-order valence-electron chi connectivity index (χ2n) is 6.33. The lowest BCUT2D eigenvalue weighted by Crippen LogP contribution is -2.47. The van der Waals surface area contributed by atoms with Gasteiger partial charge in [0, 0.05) is 31.4 Å². The first kappa shape index (κ1) is 21.2. The van der Waals surface area contributed by atoms with Crippen LogP contribution in [0.25, 0.3) is 0 Å². The Kier molecular flexibility index (Phi) is 7.96. The van der Waals surface area contributed by atoms with Gasteiger partial charge >= 0.3 is 6.09 Å². The van der Waals surface area contributed by atoms with E-state index < -0.39 is 16.3 Å². The van der Waals surface area contributed by atoms with Gasteiger partial charge in [0.15, 0.2) is 0 Å². The van der Waals surface area contributed by atoms with Crippen molar-refractivity contribution in [3.8, 4) is 0 Å². The maximum Gasteiger partial charge on any atom is 0.410 e. The zero-order valence-electron chi connectivity index (χ0n) is 15.0. The van der Waals surface area contributed by atoms with Crippen molar-refractivity contribution < 1.29 is 22.7 Å². The summed E-state index contributed by atoms with van der Waals surface area (Å²) in [7, 11) is -3.53. The third kappa shape index (κ3) is 5.98. The summed E-state index contributed by atoms with van der Waals surface area (Å²) in [5.74, 6) is 0. The van der Waals surface area contributed by atoms with Crippen LogP contribution in [-0.2, 0) is 19.7 Å². The highest BCUT2D eigenvalue weighted by molar-refractivity contribution is 7.87. The van der Waals surface area contributed by atoms with Crippen molar-refractivity contribution in [2.75, 3.05) is 46.0 Å². The van der Waals surface area contributed by atoms with Crippen molar-refractivity contribution in [1.82, 2.24) is 13.9 Å². The van der Waals surface area contributed by atoms with Gasteiger partial charge in [-0.05, 0) is 13.3 Å². The summed E-state index contributed by atoms with van der Waals surface area (Å²) in [6.07, 6.45) is 3.69. The lowest BCUT2D eigenvalue weighted by molar-refractivity contribution is 0.0725. The van der Waals surface area contributed by atoms with Gasteiger partial charge in [-0.3, -0.25) is 0 Å². The monoisotopic (exact) mass is 405 g/mol. The zero-order chi connectivity index (χ0) is 19.2. The number of morpholine rings is 1. The van der Waals surface area contributed by atoms with Crippen LogP contribution in [-0.4, -0.2) is 81.0 Å². The summed E-state index contributed by atoms with van der Waals surface area (Å²) in [5.41, 5.74) is 0.829. The van der Waals surface area contributed by atoms with E-state index in [4.69, 9.17) is 9.47 Å². The van der Waals surface area contributed by atoms with E-state index in [2.05, 4.69) is 23.9 Å². The number of nitrogens with one attached hydrogen (secondary N) is 1. The molecule has 0 saturated carbocycles. The van der Waals surface area contributed by atoms with Crippen molar-refractivity contribution in [3.05, 3.63) is 24.3 Å². The molecule has 2 saturated heterocycles. The van der Waals surface area contributed by atoms with Crippen molar-refractivity contribution in [2.24, 2.45) is 0 Å². The van der Waals surface area contributed by atoms with Crippen LogP contribution in [0.3, 0.4) is 0 Å². The smallest absolute Gasteiger partial charge is 0.410 e. The minimum absolute atomic E-state index is 0.0605. The average Bonchev–Trinajstić information content (AvgIpc) is 2.99. The highest BCUT2D eigenvalue weighted by Crippen LogP contribution is 2.24. The molecule has 2 rings (SSSR count). The normalized spacial score (nSPS) is 25.3. The molecule has 148 valence electrons. The van der Waals surface area contributed by atoms with Crippen LogP contribution in [0.2, 0.25) is 0 Å². The molecular weight excluding hydrogens is 378 g/mol. The van der Waals surface area contributed by atoms with E-state index in [0.29, 0.717) is 39.3 Å². The van der Waals surface area contributed by atoms with E-state index in [1.165, 1.54) is 10.4 Å². The lowest BCUT2D eigenvalue weighted by Gasteiger charge is -2.26. The Labute approximate surface area is 160 Å². The predicted molar refractivity (Wildman–Crippen MR) is 103 cm³/mol. The second-order valence-corrected chi connectivity index (χ2v) is 8.81. The molecule has 2 aliphatic heterocycles. The van der Waals surface area contributed by atoms with Crippen LogP contribution in [0.1, 0.15) is 13.3 Å². The summed E-state index contributed by atoms with van der Waals surface area (Å²) >= 11 is 4.46. The third-order valence-corrected chi connectivity index (χ3v) is 6.13. The van der Waals surface area contributed by atoms with Gasteiger partial charge in [-0.15, -0.1) is 0 Å². The number of hydrogen-bond acceptors (Lipinski definition) is 6. The van der Waals surface area contributed by atoms with E-state index in [1.54, 1.807) is 4.90 Å². The van der Waals surface area contributed by atoms with Gasteiger partial charge in [-0.1, -0.05) is 24.3 Å². The molecule has 2 fully saturated rings. The van der Waals surface area contributed by atoms with Crippen LogP contribution in [0.5, 0.6) is 0 Å². The van der Waals surface area contributed by atoms with E-state index in [9.17, 15) is 13.2 Å². The number of thiol groups is 1. The highest BCUT2D eigenvalue weighted by atomic mass is 32.2. The maximum atomic E-state index is 12.3. The number of ether oxygens (including phenoxy) is 2. The molecule has 1 N–H and O–H groups in total. The summed E-state index contributed by atoms with van der Waals surface area (Å²) in [5, 5.41) is 0.0605. The van der Waals surface area contributed by atoms with Gasteiger partial charge in [0.2, 0.25) is 0 Å². The zero-order valence-corrected chi connectivity index (χ0v) is 16.7. The highest BCUT2D eigenvalue weighted by Gasteiger charge is 2.33. The molecule has 0 aliphatic carbocycles. The van der Waals surface area contributed by atoms with E-state index in [0.717, 1.165) is 5.57 Å². The summed E-state index contributed by atoms with van der Waals surface area (Å²) in [6.45, 7) is 7.71. The Bertz CT molecular complexity index is 632. The largest absolute Gasteiger partial charge is 0.445 e. The average molecular weight is 406 g/mol. The molecule has 0 aromatic heterocycles. The molecular formula is C16H27N3O5S2. The van der Waals surface area contributed by atoms with Crippen molar-refractivity contribution in [2.45, 2.75) is 24.6 Å². The first-order valence-corrected chi connectivity index (χ1v) is 10.5. The maximum absolute atomic E-state index is 12.3. The van der Waals surface area contributed by atoms with Gasteiger partial charge < -0.3 is 14.4 Å². The molecule has 10 heteroatoms. The first-order chi connectivity index (χ1) is 12.3. The fourth-order valence-electron chi connectivity index (χ4n) is 2.89. The summed E-state index contributed by atoms with van der Waals surface area (Å²) < 4.78 is 38.8. The topological polar surface area (TPSA) is 88.2 Å². The fourth-order valence-corrected chi connectivity index (χ4v) is 4.51. The van der Waals surface area contributed by atoms with Crippen molar-refractivity contribution in [3.63, 3.8) is 0 Å². The van der Waals surface area contributed by atoms with Gasteiger partial charge in [-0.2, -0.15) is 30.1 Å². The molecule has 2 aliphatic rings. The molecule has 0 unspecified atom stereocenters. The fraction of sp³-hybridized carbons (Fsp3) is 0.688. The predicted octanol–water partition coefficient (Wildman–Crippen LogP) is 0.795. The van der Waals surface area contributed by atoms with Crippen LogP contribution >= 0.6 is 12.6 Å². The summed E-state index contributed by atoms with van der Waals surface area (Å²) in [4.78, 5) is 13.7. The number of nitrogens with zero attached hydrogens (tertiary/aromatic N) is 2. The van der Waals surface area contributed by atoms with Gasteiger partial charge in [0.1, 0.15) is 6.61 Å². The number of likely N-dealkylation sites (tertiary alicyclic amines) is 1. The second kappa shape index (κ2) is 9.75. The van der Waals surface area contributed by atoms with Crippen molar-refractivity contribution >= 4 is 28.9 Å². The molecule has 1 amide bonds. The number of carbonyl (C=O) groups excluding carboxylic acids is 1. The number of amides is 1. The van der Waals surface area contributed by atoms with Crippen LogP contribution < -0.4 is 4.72 Å². The Morgan fingerprint density at radius 3 is 2.77 bits per heavy atom. The Balaban J connectivity index is 1.94. The third-order valence-electron chi connectivity index (χ3n) is 4.20. The van der Waals surface area contributed by atoms with Crippen LogP contribution in [0, 0.1) is 0 Å². The summed E-state index contributed by atoms with van der Waals surface area (Å²) in [6, 6.07) is -0.164. The molecule has 2 atom stereocenters. The van der Waals surface area contributed by atoms with Gasteiger partial charge in [0.05, 0.1) is 19.3 Å². The molecule has 0 aromatic rings. The SMILES string of the molecule is C=CCOC(=O)N1C[C@@H](S)C[C@H]1/C=C(\C)CNS(=O)(=O)N1CCOCC1. The van der Waals surface area contributed by atoms with Gasteiger partial charge in [0.25, 0.3) is 10.2 Å². The molecule has 26 heavy (non-hydrogen) atoms. The van der Waals surface area contributed by atoms with E-state index in [-0.39, 0.29) is 24.4 Å². The molecule has 8 nitrogen and oxygen atoms in total. The molecule has 0 bridgehead atoms.